The van der Waals surface area contributed by atoms with Crippen molar-refractivity contribution in [2.75, 3.05) is 37.9 Å². The smallest absolute Gasteiger partial charge is 0.337 e. The molecule has 0 aliphatic rings. The minimum Gasteiger partial charge on any atom is -0.478 e. The van der Waals surface area contributed by atoms with E-state index in [1.807, 2.05) is 0 Å². The summed E-state index contributed by atoms with van der Waals surface area (Å²) < 4.78 is 4.79. The summed E-state index contributed by atoms with van der Waals surface area (Å²) in [5.74, 6) is -1.35. The van der Waals surface area contributed by atoms with Crippen LogP contribution in [0, 0.1) is 0 Å². The van der Waals surface area contributed by atoms with E-state index in [9.17, 15) is 9.59 Å². The van der Waals surface area contributed by atoms with Gasteiger partial charge in [-0.15, -0.1) is 0 Å². The molecule has 0 bridgehead atoms. The normalized spacial score (nSPS) is 9.95. The van der Waals surface area contributed by atoms with E-state index < -0.39 is 5.97 Å². The molecular formula is C12H17N3O4. The number of aromatic carboxylic acids is 1. The van der Waals surface area contributed by atoms with Crippen molar-refractivity contribution in [3.63, 3.8) is 0 Å². The molecule has 0 heterocycles. The van der Waals surface area contributed by atoms with Crippen molar-refractivity contribution >= 4 is 23.3 Å². The summed E-state index contributed by atoms with van der Waals surface area (Å²) in [5.41, 5.74) is 6.25. The molecule has 1 aromatic rings. The molecule has 0 spiro atoms. The molecule has 7 heteroatoms. The predicted molar refractivity (Wildman–Crippen MR) is 71.2 cm³/mol. The second-order valence-electron chi connectivity index (χ2n) is 3.81. The van der Waals surface area contributed by atoms with Gasteiger partial charge in [0.1, 0.15) is 0 Å². The standard InChI is InChI=1S/C12H17N3O4/c1-19-5-4-14-11(16)7-15-10-3-2-8(13)6-9(10)12(17)18/h2-3,6,15H,4-5,7,13H2,1H3,(H,14,16)(H,17,18). The van der Waals surface area contributed by atoms with E-state index in [-0.39, 0.29) is 18.0 Å². The summed E-state index contributed by atoms with van der Waals surface area (Å²) in [6.07, 6.45) is 0. The number of carboxylic acids is 1. The lowest BCUT2D eigenvalue weighted by Gasteiger charge is -2.10. The van der Waals surface area contributed by atoms with Gasteiger partial charge in [-0.05, 0) is 18.2 Å². The highest BCUT2D eigenvalue weighted by atomic mass is 16.5. The quantitative estimate of drug-likeness (QED) is 0.413. The fourth-order valence-corrected chi connectivity index (χ4v) is 1.42. The Balaban J connectivity index is 2.57. The van der Waals surface area contributed by atoms with Crippen LogP contribution in [0.5, 0.6) is 0 Å². The highest BCUT2D eigenvalue weighted by Crippen LogP contribution is 2.18. The zero-order valence-corrected chi connectivity index (χ0v) is 10.6. The van der Waals surface area contributed by atoms with E-state index in [4.69, 9.17) is 15.6 Å². The first kappa shape index (κ1) is 14.8. The number of amides is 1. The maximum atomic E-state index is 11.4. The third-order valence-corrected chi connectivity index (χ3v) is 2.34. The lowest BCUT2D eigenvalue weighted by Crippen LogP contribution is -2.32. The van der Waals surface area contributed by atoms with Crippen molar-refractivity contribution in [1.82, 2.24) is 5.32 Å². The number of hydrogen-bond donors (Lipinski definition) is 4. The first-order valence-corrected chi connectivity index (χ1v) is 5.67. The molecule has 0 fully saturated rings. The van der Waals surface area contributed by atoms with E-state index in [1.54, 1.807) is 6.07 Å². The first-order valence-electron chi connectivity index (χ1n) is 5.67. The highest BCUT2D eigenvalue weighted by molar-refractivity contribution is 5.96. The van der Waals surface area contributed by atoms with Gasteiger partial charge in [0.25, 0.3) is 0 Å². The monoisotopic (exact) mass is 267 g/mol. The zero-order chi connectivity index (χ0) is 14.3. The SMILES string of the molecule is COCCNC(=O)CNc1ccc(N)cc1C(=O)O. The maximum Gasteiger partial charge on any atom is 0.337 e. The maximum absolute atomic E-state index is 11.4. The summed E-state index contributed by atoms with van der Waals surface area (Å²) in [5, 5.41) is 14.4. The molecule has 0 atom stereocenters. The number of nitrogens with one attached hydrogen (secondary N) is 2. The Bertz CT molecular complexity index is 462. The zero-order valence-electron chi connectivity index (χ0n) is 10.6. The first-order chi connectivity index (χ1) is 9.04. The van der Waals surface area contributed by atoms with Crippen LogP contribution in [0.4, 0.5) is 11.4 Å². The number of carbonyl (C=O) groups excluding carboxylic acids is 1. The van der Waals surface area contributed by atoms with E-state index in [0.29, 0.717) is 24.5 Å². The van der Waals surface area contributed by atoms with Crippen molar-refractivity contribution in [3.8, 4) is 0 Å². The average molecular weight is 267 g/mol. The Kier molecular flexibility index (Phi) is 5.62. The molecule has 1 rings (SSSR count). The van der Waals surface area contributed by atoms with Gasteiger partial charge < -0.3 is 26.2 Å². The van der Waals surface area contributed by atoms with Crippen molar-refractivity contribution in [2.24, 2.45) is 0 Å². The third kappa shape index (κ3) is 4.84. The van der Waals surface area contributed by atoms with Crippen LogP contribution in [0.15, 0.2) is 18.2 Å². The van der Waals surface area contributed by atoms with Gasteiger partial charge in [0.05, 0.1) is 18.7 Å². The molecule has 0 saturated carbocycles. The van der Waals surface area contributed by atoms with Crippen LogP contribution in [0.2, 0.25) is 0 Å². The van der Waals surface area contributed by atoms with Gasteiger partial charge in [-0.3, -0.25) is 4.79 Å². The van der Waals surface area contributed by atoms with Crippen LogP contribution in [-0.2, 0) is 9.53 Å². The van der Waals surface area contributed by atoms with Gasteiger partial charge in [0.15, 0.2) is 0 Å². The van der Waals surface area contributed by atoms with Crippen molar-refractivity contribution < 1.29 is 19.4 Å². The molecule has 0 unspecified atom stereocenters. The van der Waals surface area contributed by atoms with E-state index >= 15 is 0 Å². The molecule has 0 aliphatic heterocycles. The molecule has 0 saturated heterocycles. The summed E-state index contributed by atoms with van der Waals surface area (Å²) in [7, 11) is 1.54. The van der Waals surface area contributed by atoms with Gasteiger partial charge in [-0.2, -0.15) is 0 Å². The molecule has 0 aromatic heterocycles. The number of anilines is 2. The van der Waals surface area contributed by atoms with E-state index in [1.165, 1.54) is 19.2 Å². The summed E-state index contributed by atoms with van der Waals surface area (Å²) in [4.78, 5) is 22.5. The number of carboxylic acid groups (broad SMARTS) is 1. The van der Waals surface area contributed by atoms with Gasteiger partial charge in [0.2, 0.25) is 5.91 Å². The fourth-order valence-electron chi connectivity index (χ4n) is 1.42. The number of carbonyl (C=O) groups is 2. The second kappa shape index (κ2) is 7.22. The van der Waals surface area contributed by atoms with E-state index in [2.05, 4.69) is 10.6 Å². The minimum absolute atomic E-state index is 0.0199. The van der Waals surface area contributed by atoms with Crippen LogP contribution < -0.4 is 16.4 Å². The summed E-state index contributed by atoms with van der Waals surface area (Å²) in [6.45, 7) is 0.812. The number of hydrogen-bond acceptors (Lipinski definition) is 5. The molecule has 104 valence electrons. The largest absolute Gasteiger partial charge is 0.478 e. The van der Waals surface area contributed by atoms with Crippen LogP contribution >= 0.6 is 0 Å². The van der Waals surface area contributed by atoms with Crippen molar-refractivity contribution in [2.45, 2.75) is 0 Å². The van der Waals surface area contributed by atoms with Crippen LogP contribution in [0.3, 0.4) is 0 Å². The molecule has 5 N–H and O–H groups in total. The highest BCUT2D eigenvalue weighted by Gasteiger charge is 2.11. The Morgan fingerprint density at radius 3 is 2.79 bits per heavy atom. The Hall–Kier alpha value is -2.28. The number of rotatable bonds is 7. The predicted octanol–water partition coefficient (Wildman–Crippen LogP) is 0.142. The Morgan fingerprint density at radius 1 is 1.42 bits per heavy atom. The van der Waals surface area contributed by atoms with E-state index in [0.717, 1.165) is 0 Å². The number of nitrogen functional groups attached to an aromatic ring is 1. The molecule has 7 nitrogen and oxygen atoms in total. The minimum atomic E-state index is -1.10. The van der Waals surface area contributed by atoms with Gasteiger partial charge in [-0.25, -0.2) is 4.79 Å². The number of methoxy groups -OCH3 is 1. The number of nitrogens with two attached hydrogens (primary N) is 1. The topological polar surface area (TPSA) is 114 Å². The van der Waals surface area contributed by atoms with Crippen molar-refractivity contribution in [3.05, 3.63) is 23.8 Å². The molecular weight excluding hydrogens is 250 g/mol. The number of benzene rings is 1. The van der Waals surface area contributed by atoms with Gasteiger partial charge in [0, 0.05) is 25.0 Å². The third-order valence-electron chi connectivity index (χ3n) is 2.34. The molecule has 0 aliphatic carbocycles. The van der Waals surface area contributed by atoms with Crippen LogP contribution in [0.1, 0.15) is 10.4 Å². The van der Waals surface area contributed by atoms with Crippen molar-refractivity contribution in [1.29, 1.82) is 0 Å². The fraction of sp³-hybridized carbons (Fsp3) is 0.333. The lowest BCUT2D eigenvalue weighted by molar-refractivity contribution is -0.119. The van der Waals surface area contributed by atoms with Gasteiger partial charge in [-0.1, -0.05) is 0 Å². The molecule has 0 radical (unpaired) electrons. The molecule has 1 aromatic carbocycles. The van der Waals surface area contributed by atoms with Crippen LogP contribution in [-0.4, -0.2) is 43.8 Å². The van der Waals surface area contributed by atoms with Crippen LogP contribution in [0.25, 0.3) is 0 Å². The molecule has 19 heavy (non-hydrogen) atoms. The average Bonchev–Trinajstić information content (AvgIpc) is 2.37. The molecule has 1 amide bonds. The van der Waals surface area contributed by atoms with Gasteiger partial charge >= 0.3 is 5.97 Å². The second-order valence-corrected chi connectivity index (χ2v) is 3.81. The lowest BCUT2D eigenvalue weighted by atomic mass is 10.1. The number of ether oxygens (including phenoxy) is 1. The Morgan fingerprint density at radius 2 is 2.16 bits per heavy atom. The summed E-state index contributed by atoms with van der Waals surface area (Å²) >= 11 is 0. The summed E-state index contributed by atoms with van der Waals surface area (Å²) in [6, 6.07) is 4.44. The Labute approximate surface area is 110 Å².